The number of carbonyl (C=O) groups is 1. The number of alkyl halides is 2. The molecule has 1 amide bonds. The molecule has 1 aliphatic rings. The van der Waals surface area contributed by atoms with Crippen LogP contribution in [0.4, 0.5) is 14.5 Å². The SMILES string of the molecule is O=C(CNc1ccc(OC(F)F)c(Cl)c1)N1CCCC1c1cccs1. The lowest BCUT2D eigenvalue weighted by Gasteiger charge is -2.24. The van der Waals surface area contributed by atoms with Crippen molar-refractivity contribution in [2.45, 2.75) is 25.5 Å². The molecule has 25 heavy (non-hydrogen) atoms. The van der Waals surface area contributed by atoms with Gasteiger partial charge in [-0.05, 0) is 42.5 Å². The van der Waals surface area contributed by atoms with E-state index in [0.29, 0.717) is 5.69 Å². The summed E-state index contributed by atoms with van der Waals surface area (Å²) in [6.45, 7) is -2.07. The third-order valence-electron chi connectivity index (χ3n) is 4.04. The Balaban J connectivity index is 1.59. The van der Waals surface area contributed by atoms with Gasteiger partial charge in [0.25, 0.3) is 0 Å². The molecule has 1 aromatic carbocycles. The van der Waals surface area contributed by atoms with Crippen LogP contribution in [0.3, 0.4) is 0 Å². The Morgan fingerprint density at radius 2 is 2.28 bits per heavy atom. The van der Waals surface area contributed by atoms with Crippen LogP contribution in [0.5, 0.6) is 5.75 Å². The molecule has 1 saturated heterocycles. The Morgan fingerprint density at radius 1 is 1.44 bits per heavy atom. The number of hydrogen-bond acceptors (Lipinski definition) is 4. The van der Waals surface area contributed by atoms with Crippen molar-refractivity contribution in [1.29, 1.82) is 0 Å². The van der Waals surface area contributed by atoms with Gasteiger partial charge in [0.15, 0.2) is 0 Å². The number of anilines is 1. The molecule has 1 fully saturated rings. The van der Waals surface area contributed by atoms with E-state index in [2.05, 4.69) is 16.1 Å². The van der Waals surface area contributed by atoms with Gasteiger partial charge in [-0.25, -0.2) is 0 Å². The van der Waals surface area contributed by atoms with E-state index < -0.39 is 6.61 Å². The van der Waals surface area contributed by atoms with Gasteiger partial charge in [0.05, 0.1) is 17.6 Å². The summed E-state index contributed by atoms with van der Waals surface area (Å²) < 4.78 is 28.8. The average Bonchev–Trinajstić information content (AvgIpc) is 3.25. The Kier molecular flexibility index (Phi) is 5.75. The molecule has 2 aromatic rings. The highest BCUT2D eigenvalue weighted by Crippen LogP contribution is 2.34. The largest absolute Gasteiger partial charge is 0.433 e. The number of hydrogen-bond donors (Lipinski definition) is 1. The zero-order valence-corrected chi connectivity index (χ0v) is 14.8. The molecule has 0 bridgehead atoms. The molecular weight excluding hydrogens is 370 g/mol. The molecule has 1 aliphatic heterocycles. The Bertz CT molecular complexity index is 727. The standard InChI is InChI=1S/C17H17ClF2N2O2S/c18-12-9-11(5-6-14(12)24-17(19)20)21-10-16(23)22-7-1-3-13(22)15-4-2-8-25-15/h2,4-6,8-9,13,17,21H,1,3,7,10H2. The number of carbonyl (C=O) groups excluding carboxylic acids is 1. The van der Waals surface area contributed by atoms with Crippen LogP contribution in [0.2, 0.25) is 5.02 Å². The van der Waals surface area contributed by atoms with E-state index in [1.807, 2.05) is 16.3 Å². The van der Waals surface area contributed by atoms with Crippen LogP contribution in [0.1, 0.15) is 23.8 Å². The van der Waals surface area contributed by atoms with Gasteiger partial charge in [0.1, 0.15) is 5.75 Å². The smallest absolute Gasteiger partial charge is 0.387 e. The third kappa shape index (κ3) is 4.41. The van der Waals surface area contributed by atoms with Gasteiger partial charge in [0.2, 0.25) is 5.91 Å². The summed E-state index contributed by atoms with van der Waals surface area (Å²) in [6, 6.07) is 8.55. The molecule has 2 heterocycles. The van der Waals surface area contributed by atoms with Gasteiger partial charge in [-0.2, -0.15) is 8.78 Å². The highest BCUT2D eigenvalue weighted by atomic mass is 35.5. The van der Waals surface area contributed by atoms with Crippen LogP contribution in [0, 0.1) is 0 Å². The molecule has 134 valence electrons. The van der Waals surface area contributed by atoms with Crippen LogP contribution in [-0.4, -0.2) is 30.5 Å². The lowest BCUT2D eigenvalue weighted by Crippen LogP contribution is -2.34. The quantitative estimate of drug-likeness (QED) is 0.776. The lowest BCUT2D eigenvalue weighted by atomic mass is 10.2. The Labute approximate surface area is 153 Å². The fourth-order valence-corrected chi connectivity index (χ4v) is 4.02. The molecule has 0 aliphatic carbocycles. The highest BCUT2D eigenvalue weighted by molar-refractivity contribution is 7.10. The predicted octanol–water partition coefficient (Wildman–Crippen LogP) is 4.78. The van der Waals surface area contributed by atoms with Crippen molar-refractivity contribution in [2.75, 3.05) is 18.4 Å². The molecule has 0 saturated carbocycles. The molecule has 1 atom stereocenters. The summed E-state index contributed by atoms with van der Waals surface area (Å²) in [7, 11) is 0. The van der Waals surface area contributed by atoms with Crippen LogP contribution >= 0.6 is 22.9 Å². The van der Waals surface area contributed by atoms with Gasteiger partial charge in [-0.15, -0.1) is 11.3 Å². The summed E-state index contributed by atoms with van der Waals surface area (Å²) in [4.78, 5) is 15.6. The van der Waals surface area contributed by atoms with E-state index in [1.54, 1.807) is 17.4 Å². The molecule has 3 rings (SSSR count). The van der Waals surface area contributed by atoms with Crippen LogP contribution < -0.4 is 10.1 Å². The van der Waals surface area contributed by atoms with Crippen molar-refractivity contribution in [2.24, 2.45) is 0 Å². The number of halogens is 3. The van der Waals surface area contributed by atoms with Crippen LogP contribution in [-0.2, 0) is 4.79 Å². The maximum absolute atomic E-state index is 12.5. The second-order valence-electron chi connectivity index (χ2n) is 5.64. The van der Waals surface area contributed by atoms with Gasteiger partial charge >= 0.3 is 6.61 Å². The first-order valence-electron chi connectivity index (χ1n) is 7.85. The monoisotopic (exact) mass is 386 g/mol. The summed E-state index contributed by atoms with van der Waals surface area (Å²) in [5, 5.41) is 5.07. The fraction of sp³-hybridized carbons (Fsp3) is 0.353. The molecule has 0 radical (unpaired) electrons. The predicted molar refractivity (Wildman–Crippen MR) is 94.6 cm³/mol. The average molecular weight is 387 g/mol. The summed E-state index contributed by atoms with van der Waals surface area (Å²) in [5.74, 6) is -0.0919. The van der Waals surface area contributed by atoms with Crippen molar-refractivity contribution in [3.63, 3.8) is 0 Å². The van der Waals surface area contributed by atoms with Gasteiger partial charge in [-0.1, -0.05) is 17.7 Å². The molecule has 4 nitrogen and oxygen atoms in total. The minimum Gasteiger partial charge on any atom is -0.433 e. The van der Waals surface area contributed by atoms with E-state index in [0.717, 1.165) is 19.4 Å². The number of nitrogens with one attached hydrogen (secondary N) is 1. The van der Waals surface area contributed by atoms with Gasteiger partial charge < -0.3 is 15.0 Å². The number of benzene rings is 1. The first-order chi connectivity index (χ1) is 12.0. The summed E-state index contributed by atoms with van der Waals surface area (Å²) in [6.07, 6.45) is 1.96. The minimum atomic E-state index is -2.93. The fourth-order valence-electron chi connectivity index (χ4n) is 2.92. The maximum atomic E-state index is 12.5. The Hall–Kier alpha value is -1.86. The molecule has 8 heteroatoms. The van der Waals surface area contributed by atoms with E-state index in [9.17, 15) is 13.6 Å². The van der Waals surface area contributed by atoms with Crippen molar-refractivity contribution in [3.05, 3.63) is 45.6 Å². The second-order valence-corrected chi connectivity index (χ2v) is 7.02. The second kappa shape index (κ2) is 8.01. The van der Waals surface area contributed by atoms with Crippen LogP contribution in [0.25, 0.3) is 0 Å². The summed E-state index contributed by atoms with van der Waals surface area (Å²) >= 11 is 7.57. The topological polar surface area (TPSA) is 41.6 Å². The Morgan fingerprint density at radius 3 is 2.96 bits per heavy atom. The van der Waals surface area contributed by atoms with Gasteiger partial charge in [-0.3, -0.25) is 4.79 Å². The van der Waals surface area contributed by atoms with E-state index in [4.69, 9.17) is 11.6 Å². The summed E-state index contributed by atoms with van der Waals surface area (Å²) in [5.41, 5.74) is 0.576. The van der Waals surface area contributed by atoms with Crippen molar-refractivity contribution in [1.82, 2.24) is 4.90 Å². The molecular formula is C17H17ClF2N2O2S. The minimum absolute atomic E-state index is 0.0000654. The number of nitrogens with zero attached hydrogens (tertiary/aromatic N) is 1. The van der Waals surface area contributed by atoms with Crippen molar-refractivity contribution < 1.29 is 18.3 Å². The zero-order chi connectivity index (χ0) is 17.8. The number of ether oxygens (including phenoxy) is 1. The van der Waals surface area contributed by atoms with Crippen LogP contribution in [0.15, 0.2) is 35.7 Å². The third-order valence-corrected chi connectivity index (χ3v) is 5.31. The maximum Gasteiger partial charge on any atom is 0.387 e. The number of likely N-dealkylation sites (tertiary alicyclic amines) is 1. The number of thiophene rings is 1. The van der Waals surface area contributed by atoms with E-state index in [1.165, 1.54) is 17.0 Å². The van der Waals surface area contributed by atoms with Crippen molar-refractivity contribution >= 4 is 34.5 Å². The highest BCUT2D eigenvalue weighted by Gasteiger charge is 2.30. The zero-order valence-electron chi connectivity index (χ0n) is 13.3. The molecule has 1 aromatic heterocycles. The molecule has 1 N–H and O–H groups in total. The normalized spacial score (nSPS) is 17.1. The number of amides is 1. The molecule has 0 spiro atoms. The van der Waals surface area contributed by atoms with E-state index >= 15 is 0 Å². The first-order valence-corrected chi connectivity index (χ1v) is 9.11. The van der Waals surface area contributed by atoms with Crippen molar-refractivity contribution in [3.8, 4) is 5.75 Å². The lowest BCUT2D eigenvalue weighted by molar-refractivity contribution is -0.130. The molecule has 1 unspecified atom stereocenters. The first kappa shape index (κ1) is 17.9. The van der Waals surface area contributed by atoms with Gasteiger partial charge in [0, 0.05) is 17.1 Å². The number of rotatable bonds is 6. The van der Waals surface area contributed by atoms with E-state index in [-0.39, 0.29) is 29.3 Å².